The zero-order valence-electron chi connectivity index (χ0n) is 11.8. The average Bonchev–Trinajstić information content (AvgIpc) is 2.47. The largest absolute Gasteiger partial charge is 0.484 e. The molecule has 0 bridgehead atoms. The van der Waals surface area contributed by atoms with Crippen LogP contribution < -0.4 is 15.8 Å². The number of rotatable bonds is 6. The first-order chi connectivity index (χ1) is 9.69. The number of benzene rings is 1. The van der Waals surface area contributed by atoms with Crippen LogP contribution in [0.25, 0.3) is 0 Å². The first-order valence-electron chi connectivity index (χ1n) is 6.99. The Morgan fingerprint density at radius 3 is 2.65 bits per heavy atom. The fourth-order valence-corrected chi connectivity index (χ4v) is 2.56. The third-order valence-corrected chi connectivity index (χ3v) is 3.59. The molecule has 0 spiro atoms. The lowest BCUT2D eigenvalue weighted by atomic mass is 9.92. The van der Waals surface area contributed by atoms with Crippen LogP contribution in [0.15, 0.2) is 24.3 Å². The van der Waals surface area contributed by atoms with Gasteiger partial charge in [0.05, 0.1) is 12.1 Å². The number of hydrogen-bond donors (Lipinski definition) is 2. The fourth-order valence-electron chi connectivity index (χ4n) is 2.56. The summed E-state index contributed by atoms with van der Waals surface area (Å²) in [7, 11) is 1.77. The van der Waals surface area contributed by atoms with Crippen LogP contribution in [-0.2, 0) is 9.53 Å². The Bertz CT molecular complexity index is 433. The van der Waals surface area contributed by atoms with E-state index in [0.717, 1.165) is 18.5 Å². The summed E-state index contributed by atoms with van der Waals surface area (Å²) in [5.41, 5.74) is 6.07. The van der Waals surface area contributed by atoms with E-state index in [1.807, 2.05) is 24.3 Å². The zero-order valence-corrected chi connectivity index (χ0v) is 11.8. The molecule has 0 radical (unpaired) electrons. The predicted molar refractivity (Wildman–Crippen MR) is 77.8 cm³/mol. The monoisotopic (exact) mass is 278 g/mol. The van der Waals surface area contributed by atoms with Crippen molar-refractivity contribution in [3.8, 4) is 5.75 Å². The average molecular weight is 278 g/mol. The van der Waals surface area contributed by atoms with Gasteiger partial charge in [0.1, 0.15) is 5.75 Å². The van der Waals surface area contributed by atoms with Gasteiger partial charge >= 0.3 is 0 Å². The number of ether oxygens (including phenoxy) is 2. The minimum absolute atomic E-state index is 0.0961. The Kier molecular flexibility index (Phi) is 5.24. The normalized spacial score (nSPS) is 22.2. The molecular weight excluding hydrogens is 256 g/mol. The molecule has 20 heavy (non-hydrogen) atoms. The second-order valence-electron chi connectivity index (χ2n) is 5.09. The van der Waals surface area contributed by atoms with E-state index in [2.05, 4.69) is 5.32 Å². The molecule has 0 aromatic heterocycles. The summed E-state index contributed by atoms with van der Waals surface area (Å²) in [4.78, 5) is 10.6. The Labute approximate surface area is 119 Å². The first-order valence-corrected chi connectivity index (χ1v) is 6.99. The van der Waals surface area contributed by atoms with Gasteiger partial charge in [0.25, 0.3) is 5.91 Å². The molecule has 1 amide bonds. The van der Waals surface area contributed by atoms with Gasteiger partial charge in [-0.15, -0.1) is 0 Å². The van der Waals surface area contributed by atoms with Crippen molar-refractivity contribution in [3.05, 3.63) is 24.3 Å². The van der Waals surface area contributed by atoms with Crippen molar-refractivity contribution in [2.45, 2.75) is 37.8 Å². The summed E-state index contributed by atoms with van der Waals surface area (Å²) in [6.45, 7) is -0.0961. The smallest absolute Gasteiger partial charge is 0.255 e. The quantitative estimate of drug-likeness (QED) is 0.833. The topological polar surface area (TPSA) is 73.6 Å². The third kappa shape index (κ3) is 4.13. The lowest BCUT2D eigenvalue weighted by molar-refractivity contribution is -0.119. The molecule has 1 aromatic carbocycles. The van der Waals surface area contributed by atoms with Gasteiger partial charge in [0.15, 0.2) is 6.61 Å². The van der Waals surface area contributed by atoms with Crippen molar-refractivity contribution in [2.75, 3.05) is 19.0 Å². The maximum atomic E-state index is 10.6. The molecule has 2 unspecified atom stereocenters. The van der Waals surface area contributed by atoms with Crippen molar-refractivity contribution in [1.82, 2.24) is 0 Å². The van der Waals surface area contributed by atoms with Gasteiger partial charge < -0.3 is 20.5 Å². The number of nitrogens with one attached hydrogen (secondary N) is 1. The number of anilines is 1. The highest BCUT2D eigenvalue weighted by molar-refractivity contribution is 5.75. The third-order valence-electron chi connectivity index (χ3n) is 3.59. The lowest BCUT2D eigenvalue weighted by Crippen LogP contribution is -2.37. The van der Waals surface area contributed by atoms with Gasteiger partial charge in [-0.05, 0) is 37.1 Å². The second-order valence-corrected chi connectivity index (χ2v) is 5.09. The molecule has 1 aliphatic carbocycles. The first kappa shape index (κ1) is 14.7. The van der Waals surface area contributed by atoms with E-state index in [0.29, 0.717) is 11.8 Å². The van der Waals surface area contributed by atoms with Crippen molar-refractivity contribution in [2.24, 2.45) is 5.73 Å². The number of amides is 1. The molecule has 0 saturated heterocycles. The van der Waals surface area contributed by atoms with Crippen LogP contribution in [0.4, 0.5) is 5.69 Å². The summed E-state index contributed by atoms with van der Waals surface area (Å²) in [5.74, 6) is 0.165. The minimum Gasteiger partial charge on any atom is -0.484 e. The van der Waals surface area contributed by atoms with Gasteiger partial charge in [-0.25, -0.2) is 0 Å². The molecule has 0 heterocycles. The molecule has 1 saturated carbocycles. The molecule has 1 fully saturated rings. The number of hydrogen-bond acceptors (Lipinski definition) is 4. The van der Waals surface area contributed by atoms with E-state index in [-0.39, 0.29) is 12.7 Å². The van der Waals surface area contributed by atoms with E-state index < -0.39 is 5.91 Å². The number of methoxy groups -OCH3 is 1. The SMILES string of the molecule is COC1CCCCC1Nc1ccc(OCC(N)=O)cc1. The fraction of sp³-hybridized carbons (Fsp3) is 0.533. The van der Waals surface area contributed by atoms with Crippen molar-refractivity contribution in [1.29, 1.82) is 0 Å². The lowest BCUT2D eigenvalue weighted by Gasteiger charge is -2.31. The Hall–Kier alpha value is -1.75. The molecule has 2 rings (SSSR count). The number of nitrogens with two attached hydrogens (primary N) is 1. The van der Waals surface area contributed by atoms with E-state index in [1.54, 1.807) is 7.11 Å². The van der Waals surface area contributed by atoms with Crippen LogP contribution in [0, 0.1) is 0 Å². The molecule has 5 nitrogen and oxygen atoms in total. The van der Waals surface area contributed by atoms with Crippen LogP contribution in [0.5, 0.6) is 5.75 Å². The number of carbonyl (C=O) groups excluding carboxylic acids is 1. The van der Waals surface area contributed by atoms with Gasteiger partial charge in [0, 0.05) is 12.8 Å². The maximum Gasteiger partial charge on any atom is 0.255 e. The highest BCUT2D eigenvalue weighted by atomic mass is 16.5. The Morgan fingerprint density at radius 1 is 1.30 bits per heavy atom. The highest BCUT2D eigenvalue weighted by Gasteiger charge is 2.24. The standard InChI is InChI=1S/C15H22N2O3/c1-19-14-5-3-2-4-13(14)17-11-6-8-12(9-7-11)20-10-15(16)18/h6-9,13-14,17H,2-5,10H2,1H3,(H2,16,18). The summed E-state index contributed by atoms with van der Waals surface area (Å²) in [5, 5.41) is 3.50. The Balaban J connectivity index is 1.90. The van der Waals surface area contributed by atoms with E-state index >= 15 is 0 Å². The molecule has 0 aliphatic heterocycles. The van der Waals surface area contributed by atoms with Gasteiger partial charge in [-0.1, -0.05) is 12.8 Å². The maximum absolute atomic E-state index is 10.6. The molecule has 2 atom stereocenters. The number of primary amides is 1. The Morgan fingerprint density at radius 2 is 2.00 bits per heavy atom. The summed E-state index contributed by atoms with van der Waals surface area (Å²) in [6, 6.07) is 7.90. The van der Waals surface area contributed by atoms with E-state index in [4.69, 9.17) is 15.2 Å². The predicted octanol–water partition coefficient (Wildman–Crippen LogP) is 1.92. The molecule has 110 valence electrons. The van der Waals surface area contributed by atoms with Crippen molar-refractivity contribution in [3.63, 3.8) is 0 Å². The van der Waals surface area contributed by atoms with Crippen LogP contribution in [0.3, 0.4) is 0 Å². The second kappa shape index (κ2) is 7.14. The van der Waals surface area contributed by atoms with Crippen LogP contribution in [-0.4, -0.2) is 31.8 Å². The highest BCUT2D eigenvalue weighted by Crippen LogP contribution is 2.25. The number of carbonyl (C=O) groups is 1. The molecular formula is C15H22N2O3. The molecule has 1 aliphatic rings. The van der Waals surface area contributed by atoms with Gasteiger partial charge in [-0.3, -0.25) is 4.79 Å². The van der Waals surface area contributed by atoms with E-state index in [9.17, 15) is 4.79 Å². The van der Waals surface area contributed by atoms with Gasteiger partial charge in [-0.2, -0.15) is 0 Å². The summed E-state index contributed by atoms with van der Waals surface area (Å²) < 4.78 is 10.8. The zero-order chi connectivity index (χ0) is 14.4. The minimum atomic E-state index is -0.475. The van der Waals surface area contributed by atoms with Gasteiger partial charge in [0.2, 0.25) is 0 Å². The molecule has 3 N–H and O–H groups in total. The van der Waals surface area contributed by atoms with Crippen LogP contribution >= 0.6 is 0 Å². The molecule has 5 heteroatoms. The van der Waals surface area contributed by atoms with E-state index in [1.165, 1.54) is 12.8 Å². The van der Waals surface area contributed by atoms with Crippen molar-refractivity contribution >= 4 is 11.6 Å². The van der Waals surface area contributed by atoms with Crippen molar-refractivity contribution < 1.29 is 14.3 Å². The summed E-state index contributed by atoms with van der Waals surface area (Å²) >= 11 is 0. The van der Waals surface area contributed by atoms with Crippen LogP contribution in [0.2, 0.25) is 0 Å². The van der Waals surface area contributed by atoms with Crippen LogP contribution in [0.1, 0.15) is 25.7 Å². The summed E-state index contributed by atoms with van der Waals surface area (Å²) in [6.07, 6.45) is 4.97. The molecule has 1 aromatic rings.